The van der Waals surface area contributed by atoms with Crippen molar-refractivity contribution in [2.24, 2.45) is 5.92 Å². The minimum absolute atomic E-state index is 0.728. The van der Waals surface area contributed by atoms with E-state index in [2.05, 4.69) is 22.1 Å². The van der Waals surface area contributed by atoms with Crippen molar-refractivity contribution in [1.82, 2.24) is 14.9 Å². The Bertz CT molecular complexity index is 714. The molecule has 0 radical (unpaired) electrons. The van der Waals surface area contributed by atoms with Crippen molar-refractivity contribution in [3.05, 3.63) is 29.1 Å². The van der Waals surface area contributed by atoms with E-state index in [1.54, 1.807) is 5.57 Å². The van der Waals surface area contributed by atoms with Crippen LogP contribution in [-0.4, -0.2) is 60.3 Å². The van der Waals surface area contributed by atoms with E-state index in [9.17, 15) is 0 Å². The van der Waals surface area contributed by atoms with E-state index in [1.807, 2.05) is 0 Å². The summed E-state index contributed by atoms with van der Waals surface area (Å²) in [5, 5.41) is 0. The molecule has 29 heavy (non-hydrogen) atoms. The molecule has 1 atom stereocenters. The number of aromatic nitrogens is 2. The third kappa shape index (κ3) is 4.51. The van der Waals surface area contributed by atoms with Crippen molar-refractivity contribution in [2.45, 2.75) is 70.3 Å². The molecule has 1 unspecified atom stereocenters. The third-order valence-corrected chi connectivity index (χ3v) is 7.58. The quantitative estimate of drug-likeness (QED) is 0.728. The van der Waals surface area contributed by atoms with Gasteiger partial charge in [-0.05, 0) is 69.3 Å². The van der Waals surface area contributed by atoms with Crippen LogP contribution in [-0.2, 0) is 17.6 Å². The lowest BCUT2D eigenvalue weighted by Gasteiger charge is -2.43. The van der Waals surface area contributed by atoms with Crippen LogP contribution in [0, 0.1) is 5.92 Å². The van der Waals surface area contributed by atoms with E-state index >= 15 is 0 Å². The maximum absolute atomic E-state index is 5.67. The molecule has 1 aromatic heterocycles. The zero-order valence-corrected chi connectivity index (χ0v) is 17.8. The monoisotopic (exact) mass is 396 g/mol. The Kier molecular flexibility index (Phi) is 6.14. The summed E-state index contributed by atoms with van der Waals surface area (Å²) in [6.45, 7) is 6.36. The van der Waals surface area contributed by atoms with E-state index in [0.29, 0.717) is 0 Å². The van der Waals surface area contributed by atoms with Crippen molar-refractivity contribution in [1.29, 1.82) is 0 Å². The molecule has 2 saturated heterocycles. The molecule has 0 aromatic carbocycles. The molecule has 2 aliphatic carbocycles. The molecule has 1 saturated carbocycles. The fourth-order valence-electron chi connectivity index (χ4n) is 5.47. The first kappa shape index (κ1) is 19.5. The van der Waals surface area contributed by atoms with Crippen LogP contribution in [0.15, 0.2) is 17.8 Å². The van der Waals surface area contributed by atoms with Crippen LogP contribution in [0.2, 0.25) is 0 Å². The molecule has 5 nitrogen and oxygen atoms in total. The highest BCUT2D eigenvalue weighted by molar-refractivity contribution is 5.35. The molecule has 0 N–H and O–H groups in total. The van der Waals surface area contributed by atoms with Gasteiger partial charge in [0.25, 0.3) is 0 Å². The van der Waals surface area contributed by atoms with Gasteiger partial charge in [-0.25, -0.2) is 9.97 Å². The summed E-state index contributed by atoms with van der Waals surface area (Å²) < 4.78 is 5.67. The molecule has 0 spiro atoms. The lowest BCUT2D eigenvalue weighted by Crippen LogP contribution is -2.52. The molecule has 0 bridgehead atoms. The van der Waals surface area contributed by atoms with E-state index in [1.165, 1.54) is 69.3 Å². The topological polar surface area (TPSA) is 41.5 Å². The molecular formula is C24H36N4O. The van der Waals surface area contributed by atoms with Gasteiger partial charge in [-0.2, -0.15) is 0 Å². The van der Waals surface area contributed by atoms with Crippen LogP contribution in [0.4, 0.5) is 5.95 Å². The number of aryl methyl sites for hydroxylation is 2. The lowest BCUT2D eigenvalue weighted by molar-refractivity contribution is 0.120. The minimum Gasteiger partial charge on any atom is -0.381 e. The summed E-state index contributed by atoms with van der Waals surface area (Å²) in [4.78, 5) is 14.9. The number of nitrogens with zero attached hydrogens (tertiary/aromatic N) is 4. The van der Waals surface area contributed by atoms with Gasteiger partial charge in [0, 0.05) is 57.3 Å². The van der Waals surface area contributed by atoms with Gasteiger partial charge in [0.1, 0.15) is 0 Å². The average Bonchev–Trinajstić information content (AvgIpc) is 2.97. The molecule has 5 rings (SSSR count). The summed E-state index contributed by atoms with van der Waals surface area (Å²) >= 11 is 0. The van der Waals surface area contributed by atoms with Gasteiger partial charge in [-0.1, -0.05) is 18.1 Å². The predicted octanol–water partition coefficient (Wildman–Crippen LogP) is 3.77. The maximum atomic E-state index is 5.67. The Labute approximate surface area is 175 Å². The van der Waals surface area contributed by atoms with Crippen molar-refractivity contribution in [3.8, 4) is 0 Å². The van der Waals surface area contributed by atoms with Crippen molar-refractivity contribution in [3.63, 3.8) is 0 Å². The van der Waals surface area contributed by atoms with Gasteiger partial charge < -0.3 is 9.64 Å². The Hall–Kier alpha value is -1.46. The number of fused-ring (bicyclic) bond motifs is 1. The highest BCUT2D eigenvalue weighted by atomic mass is 16.5. The number of rotatable bonds is 3. The Morgan fingerprint density at radius 2 is 1.79 bits per heavy atom. The Balaban J connectivity index is 1.22. The summed E-state index contributed by atoms with van der Waals surface area (Å²) in [5.74, 6) is 1.69. The van der Waals surface area contributed by atoms with Crippen LogP contribution >= 0.6 is 0 Å². The highest BCUT2D eigenvalue weighted by Crippen LogP contribution is 2.31. The second-order valence-electron chi connectivity index (χ2n) is 9.31. The minimum atomic E-state index is 0.728. The van der Waals surface area contributed by atoms with Gasteiger partial charge in [0.2, 0.25) is 5.95 Å². The van der Waals surface area contributed by atoms with Crippen molar-refractivity contribution in [2.75, 3.05) is 44.3 Å². The molecule has 158 valence electrons. The highest BCUT2D eigenvalue weighted by Gasteiger charge is 2.29. The fraction of sp³-hybridized carbons (Fsp3) is 0.750. The number of hydrogen-bond acceptors (Lipinski definition) is 5. The maximum Gasteiger partial charge on any atom is 0.225 e. The van der Waals surface area contributed by atoms with Crippen LogP contribution in [0.5, 0.6) is 0 Å². The van der Waals surface area contributed by atoms with Crippen LogP contribution in [0.3, 0.4) is 0 Å². The van der Waals surface area contributed by atoms with E-state index in [0.717, 1.165) is 63.5 Å². The Morgan fingerprint density at radius 1 is 0.897 bits per heavy atom. The van der Waals surface area contributed by atoms with Gasteiger partial charge in [0.05, 0.1) is 0 Å². The van der Waals surface area contributed by atoms with Gasteiger partial charge in [-0.3, -0.25) is 4.90 Å². The second-order valence-corrected chi connectivity index (χ2v) is 9.31. The van der Waals surface area contributed by atoms with Crippen LogP contribution in [0.25, 0.3) is 0 Å². The van der Waals surface area contributed by atoms with E-state index in [4.69, 9.17) is 14.7 Å². The number of hydrogen-bond donors (Lipinski definition) is 0. The molecule has 1 aromatic rings. The zero-order chi connectivity index (χ0) is 19.5. The van der Waals surface area contributed by atoms with E-state index in [-0.39, 0.29) is 0 Å². The van der Waals surface area contributed by atoms with Crippen LogP contribution in [0.1, 0.15) is 62.6 Å². The second kappa shape index (κ2) is 9.13. The standard InChI is InChI=1S/C24H36N4O/c1-4-19(20-5-3-16-29-17-11-20)9-10-21-18-25-24(26-23(21)8-1)28-14-12-27(13-15-28)22-6-2-7-22/h4,18,20,22H,1-3,5-17H2/b19-4+. The molecule has 3 fully saturated rings. The first-order chi connectivity index (χ1) is 14.4. The predicted molar refractivity (Wildman–Crippen MR) is 116 cm³/mol. The first-order valence-electron chi connectivity index (χ1n) is 12.0. The smallest absolute Gasteiger partial charge is 0.225 e. The van der Waals surface area contributed by atoms with E-state index < -0.39 is 0 Å². The Morgan fingerprint density at radius 3 is 2.62 bits per heavy atom. The normalized spacial score (nSPS) is 29.0. The summed E-state index contributed by atoms with van der Waals surface area (Å²) in [6.07, 6.45) is 17.0. The largest absolute Gasteiger partial charge is 0.381 e. The molecule has 3 heterocycles. The zero-order valence-electron chi connectivity index (χ0n) is 17.8. The summed E-state index contributed by atoms with van der Waals surface area (Å²) in [6, 6.07) is 0.856. The van der Waals surface area contributed by atoms with Crippen LogP contribution < -0.4 is 4.90 Å². The lowest BCUT2D eigenvalue weighted by atomic mass is 9.85. The van der Waals surface area contributed by atoms with Crippen molar-refractivity contribution < 1.29 is 4.74 Å². The SMILES string of the molecule is C1=C(/C2CCCOCC2)CCc2cnc(N3CCN(C4CCC4)CC3)nc2CC/1. The van der Waals surface area contributed by atoms with Crippen molar-refractivity contribution >= 4 is 5.95 Å². The number of allylic oxidation sites excluding steroid dienone is 2. The number of piperazine rings is 1. The van der Waals surface area contributed by atoms with Gasteiger partial charge >= 0.3 is 0 Å². The third-order valence-electron chi connectivity index (χ3n) is 7.58. The molecule has 0 amide bonds. The summed E-state index contributed by atoms with van der Waals surface area (Å²) in [7, 11) is 0. The van der Waals surface area contributed by atoms with Gasteiger partial charge in [-0.15, -0.1) is 0 Å². The summed E-state index contributed by atoms with van der Waals surface area (Å²) in [5.41, 5.74) is 4.32. The first-order valence-corrected chi connectivity index (χ1v) is 12.0. The molecule has 4 aliphatic rings. The average molecular weight is 397 g/mol. The number of ether oxygens (including phenoxy) is 1. The number of anilines is 1. The molecule has 5 heteroatoms. The van der Waals surface area contributed by atoms with Gasteiger partial charge in [0.15, 0.2) is 0 Å². The fourth-order valence-corrected chi connectivity index (χ4v) is 5.47. The molecule has 2 aliphatic heterocycles. The molecular weight excluding hydrogens is 360 g/mol.